The normalized spacial score (nSPS) is 12.6. The predicted octanol–water partition coefficient (Wildman–Crippen LogP) is 1.17. The van der Waals surface area contributed by atoms with Crippen molar-refractivity contribution in [1.29, 1.82) is 0 Å². The summed E-state index contributed by atoms with van der Waals surface area (Å²) in [5.74, 6) is 5.61. The maximum absolute atomic E-state index is 6.33. The van der Waals surface area contributed by atoms with Crippen LogP contribution in [-0.2, 0) is 19.9 Å². The van der Waals surface area contributed by atoms with Crippen LogP contribution in [0.2, 0.25) is 5.02 Å². The third-order valence-electron chi connectivity index (χ3n) is 3.06. The predicted molar refractivity (Wildman–Crippen MR) is 73.4 cm³/mol. The van der Waals surface area contributed by atoms with E-state index in [4.69, 9.17) is 17.4 Å². The van der Waals surface area contributed by atoms with Crippen molar-refractivity contribution < 1.29 is 0 Å². The summed E-state index contributed by atoms with van der Waals surface area (Å²) in [5, 5.41) is 5.10. The summed E-state index contributed by atoms with van der Waals surface area (Å²) in [5.41, 5.74) is 5.43. The van der Waals surface area contributed by atoms with Gasteiger partial charge in [-0.25, -0.2) is 9.97 Å². The molecule has 0 aliphatic rings. The molecule has 2 aromatic rings. The van der Waals surface area contributed by atoms with Crippen molar-refractivity contribution in [3.63, 3.8) is 0 Å². The maximum atomic E-state index is 6.33. The number of aromatic nitrogens is 4. The number of aryl methyl sites for hydroxylation is 2. The van der Waals surface area contributed by atoms with Crippen LogP contribution < -0.4 is 11.3 Å². The van der Waals surface area contributed by atoms with Crippen LogP contribution in [0.1, 0.15) is 30.0 Å². The highest BCUT2D eigenvalue weighted by Gasteiger charge is 2.19. The monoisotopic (exact) mass is 280 g/mol. The van der Waals surface area contributed by atoms with Gasteiger partial charge >= 0.3 is 0 Å². The highest BCUT2D eigenvalue weighted by Crippen LogP contribution is 2.25. The van der Waals surface area contributed by atoms with Crippen molar-refractivity contribution in [1.82, 2.24) is 25.2 Å². The lowest BCUT2D eigenvalue weighted by Gasteiger charge is -2.15. The number of nitrogens with one attached hydrogen (secondary N) is 1. The van der Waals surface area contributed by atoms with E-state index in [1.54, 1.807) is 10.9 Å². The fourth-order valence-corrected chi connectivity index (χ4v) is 2.36. The lowest BCUT2D eigenvalue weighted by Crippen LogP contribution is -2.30. The number of rotatable bonds is 5. The number of halogens is 1. The fraction of sp³-hybridized carbons (Fsp3) is 0.417. The van der Waals surface area contributed by atoms with Crippen molar-refractivity contribution in [3.8, 4) is 0 Å². The lowest BCUT2D eigenvalue weighted by atomic mass is 10.1. The van der Waals surface area contributed by atoms with Crippen molar-refractivity contribution in [2.24, 2.45) is 12.9 Å². The van der Waals surface area contributed by atoms with Crippen LogP contribution in [0.25, 0.3) is 0 Å². The summed E-state index contributed by atoms with van der Waals surface area (Å²) in [6.45, 7) is 2.03. The van der Waals surface area contributed by atoms with E-state index in [-0.39, 0.29) is 6.04 Å². The Labute approximate surface area is 117 Å². The van der Waals surface area contributed by atoms with Crippen LogP contribution in [0, 0.1) is 0 Å². The van der Waals surface area contributed by atoms with Gasteiger partial charge < -0.3 is 0 Å². The Morgan fingerprint density at radius 2 is 2.32 bits per heavy atom. The molecule has 0 radical (unpaired) electrons. The van der Waals surface area contributed by atoms with Crippen LogP contribution in [-0.4, -0.2) is 19.7 Å². The Hall–Kier alpha value is -1.50. The van der Waals surface area contributed by atoms with Crippen LogP contribution in [0.5, 0.6) is 0 Å². The number of hydrogen-bond donors (Lipinski definition) is 2. The molecule has 102 valence electrons. The molecular weight excluding hydrogens is 264 g/mol. The third-order valence-corrected chi connectivity index (χ3v) is 3.50. The summed E-state index contributed by atoms with van der Waals surface area (Å²) in [6, 6.07) is 1.70. The minimum atomic E-state index is -0.124. The van der Waals surface area contributed by atoms with E-state index in [9.17, 15) is 0 Å². The molecule has 2 rings (SSSR count). The average Bonchev–Trinajstić information content (AvgIpc) is 2.72. The molecule has 1 unspecified atom stereocenters. The lowest BCUT2D eigenvalue weighted by molar-refractivity contribution is 0.517. The fourth-order valence-electron chi connectivity index (χ4n) is 1.99. The molecular formula is C12H17ClN6. The molecule has 2 aromatic heterocycles. The molecule has 0 amide bonds. The number of nitrogens with two attached hydrogens (primary N) is 1. The van der Waals surface area contributed by atoms with Gasteiger partial charge in [0.05, 0.1) is 28.1 Å². The number of nitrogens with zero attached hydrogens (tertiary/aromatic N) is 4. The molecule has 2 heterocycles. The zero-order valence-corrected chi connectivity index (χ0v) is 11.7. The van der Waals surface area contributed by atoms with E-state index in [0.717, 1.165) is 23.5 Å². The number of hydrogen-bond acceptors (Lipinski definition) is 5. The minimum absolute atomic E-state index is 0.124. The molecule has 3 N–H and O–H groups in total. The van der Waals surface area contributed by atoms with E-state index in [0.29, 0.717) is 11.4 Å². The molecule has 0 aromatic carbocycles. The molecule has 0 aliphatic heterocycles. The highest BCUT2D eigenvalue weighted by atomic mass is 35.5. The van der Waals surface area contributed by atoms with Crippen molar-refractivity contribution >= 4 is 11.6 Å². The SMILES string of the molecule is CCc1nn(C)c(CC(NN)c2ccncn2)c1Cl. The third kappa shape index (κ3) is 2.91. The van der Waals surface area contributed by atoms with Gasteiger partial charge in [-0.3, -0.25) is 16.0 Å². The van der Waals surface area contributed by atoms with E-state index in [1.165, 1.54) is 6.33 Å². The number of hydrazine groups is 1. The molecule has 6 nitrogen and oxygen atoms in total. The zero-order valence-electron chi connectivity index (χ0n) is 11.0. The van der Waals surface area contributed by atoms with Crippen molar-refractivity contribution in [3.05, 3.63) is 40.7 Å². The van der Waals surface area contributed by atoms with Gasteiger partial charge in [0.1, 0.15) is 6.33 Å². The van der Waals surface area contributed by atoms with Crippen LogP contribution in [0.4, 0.5) is 0 Å². The summed E-state index contributed by atoms with van der Waals surface area (Å²) >= 11 is 6.33. The second-order valence-electron chi connectivity index (χ2n) is 4.24. The first-order chi connectivity index (χ1) is 9.17. The van der Waals surface area contributed by atoms with Gasteiger partial charge in [0.2, 0.25) is 0 Å². The molecule has 1 atom stereocenters. The Bertz CT molecular complexity index is 539. The summed E-state index contributed by atoms with van der Waals surface area (Å²) < 4.78 is 1.80. The van der Waals surface area contributed by atoms with Gasteiger partial charge in [-0.15, -0.1) is 0 Å². The quantitative estimate of drug-likeness (QED) is 0.635. The maximum Gasteiger partial charge on any atom is 0.115 e. The molecule has 0 saturated heterocycles. The van der Waals surface area contributed by atoms with Gasteiger partial charge in [-0.05, 0) is 12.5 Å². The topological polar surface area (TPSA) is 81.7 Å². The Kier molecular flexibility index (Phi) is 4.47. The van der Waals surface area contributed by atoms with Crippen molar-refractivity contribution in [2.75, 3.05) is 0 Å². The Balaban J connectivity index is 2.26. The Morgan fingerprint density at radius 1 is 1.53 bits per heavy atom. The van der Waals surface area contributed by atoms with Gasteiger partial charge in [-0.1, -0.05) is 18.5 Å². The molecule has 0 aliphatic carbocycles. The zero-order chi connectivity index (χ0) is 13.8. The first-order valence-corrected chi connectivity index (χ1v) is 6.47. The first kappa shape index (κ1) is 13.9. The van der Waals surface area contributed by atoms with E-state index >= 15 is 0 Å². The summed E-state index contributed by atoms with van der Waals surface area (Å²) in [7, 11) is 1.88. The second kappa shape index (κ2) is 6.10. The van der Waals surface area contributed by atoms with Gasteiger partial charge in [-0.2, -0.15) is 5.10 Å². The van der Waals surface area contributed by atoms with Crippen LogP contribution >= 0.6 is 11.6 Å². The minimum Gasteiger partial charge on any atom is -0.271 e. The first-order valence-electron chi connectivity index (χ1n) is 6.09. The Morgan fingerprint density at radius 3 is 2.84 bits per heavy atom. The van der Waals surface area contributed by atoms with Crippen LogP contribution in [0.15, 0.2) is 18.6 Å². The van der Waals surface area contributed by atoms with Gasteiger partial charge in [0, 0.05) is 19.7 Å². The smallest absolute Gasteiger partial charge is 0.115 e. The van der Waals surface area contributed by atoms with Gasteiger partial charge in [0.25, 0.3) is 0 Å². The molecule has 0 fully saturated rings. The van der Waals surface area contributed by atoms with Crippen molar-refractivity contribution in [2.45, 2.75) is 25.8 Å². The average molecular weight is 281 g/mol. The van der Waals surface area contributed by atoms with E-state index < -0.39 is 0 Å². The van der Waals surface area contributed by atoms with E-state index in [2.05, 4.69) is 20.5 Å². The summed E-state index contributed by atoms with van der Waals surface area (Å²) in [4.78, 5) is 8.10. The molecule has 0 bridgehead atoms. The molecule has 0 spiro atoms. The molecule has 19 heavy (non-hydrogen) atoms. The van der Waals surface area contributed by atoms with Gasteiger partial charge in [0.15, 0.2) is 0 Å². The highest BCUT2D eigenvalue weighted by molar-refractivity contribution is 6.31. The standard InChI is InChI=1S/C12H17ClN6/c1-3-8-12(13)11(19(2)18-8)6-10(17-14)9-4-5-15-7-16-9/h4-5,7,10,17H,3,6,14H2,1-2H3. The van der Waals surface area contributed by atoms with E-state index in [1.807, 2.05) is 20.0 Å². The molecule has 0 saturated carbocycles. The second-order valence-corrected chi connectivity index (χ2v) is 4.62. The van der Waals surface area contributed by atoms with Crippen LogP contribution in [0.3, 0.4) is 0 Å². The molecule has 7 heteroatoms. The summed E-state index contributed by atoms with van der Waals surface area (Å²) in [6.07, 6.45) is 4.62. The largest absolute Gasteiger partial charge is 0.271 e.